The average Bonchev–Trinajstić information content (AvgIpc) is 3.44. The molecule has 12 heteroatoms. The van der Waals surface area contributed by atoms with Gasteiger partial charge in [0.15, 0.2) is 11.6 Å². The molecule has 0 aliphatic carbocycles. The Balaban J connectivity index is 1.68. The molecule has 0 unspecified atom stereocenters. The van der Waals surface area contributed by atoms with Gasteiger partial charge in [-0.25, -0.2) is 10.4 Å². The predicted molar refractivity (Wildman–Crippen MR) is 180 cm³/mol. The number of nitrogens with zero attached hydrogens (tertiary/aromatic N) is 1. The highest BCUT2D eigenvalue weighted by Crippen LogP contribution is 2.43. The monoisotopic (exact) mass is 711 g/mol. The van der Waals surface area contributed by atoms with Crippen LogP contribution in [0.5, 0.6) is 17.2 Å². The number of ether oxygens (including phenoxy) is 5. The van der Waals surface area contributed by atoms with E-state index in [1.165, 1.54) is 0 Å². The fourth-order valence-corrected chi connectivity index (χ4v) is 5.26. The zero-order valence-electron chi connectivity index (χ0n) is 27.3. The van der Waals surface area contributed by atoms with E-state index in [0.29, 0.717) is 41.4 Å². The topological polar surface area (TPSA) is 137 Å². The number of hydrogen-bond acceptors (Lipinski definition) is 10. The Morgan fingerprint density at radius 2 is 1.64 bits per heavy atom. The summed E-state index contributed by atoms with van der Waals surface area (Å²) in [5, 5.41) is 9.06. The molecule has 2 atom stereocenters. The highest BCUT2D eigenvalue weighted by atomic mass is 79.9. The van der Waals surface area contributed by atoms with Crippen molar-refractivity contribution in [2.75, 3.05) is 27.4 Å². The molecule has 0 saturated carbocycles. The Bertz CT molecular complexity index is 1520. The summed E-state index contributed by atoms with van der Waals surface area (Å²) in [4.78, 5) is 32.2. The first-order valence-electron chi connectivity index (χ1n) is 15.3. The van der Waals surface area contributed by atoms with Gasteiger partial charge in [-0.05, 0) is 86.8 Å². The summed E-state index contributed by atoms with van der Waals surface area (Å²) in [6, 6.07) is 20.0. The van der Waals surface area contributed by atoms with Gasteiger partial charge < -0.3 is 28.8 Å². The molecule has 0 fully saturated rings. The van der Waals surface area contributed by atoms with Gasteiger partial charge in [0.25, 0.3) is 5.91 Å². The van der Waals surface area contributed by atoms with Crippen molar-refractivity contribution in [3.8, 4) is 17.2 Å². The van der Waals surface area contributed by atoms with Gasteiger partial charge >= 0.3 is 5.97 Å². The minimum Gasteiger partial charge on any atom is -0.497 e. The zero-order valence-corrected chi connectivity index (χ0v) is 28.9. The summed E-state index contributed by atoms with van der Waals surface area (Å²) >= 11 is 3.48. The van der Waals surface area contributed by atoms with Gasteiger partial charge in [-0.15, -0.1) is 0 Å². The number of hydrogen-bond donors (Lipinski definition) is 3. The Morgan fingerprint density at radius 1 is 0.979 bits per heavy atom. The van der Waals surface area contributed by atoms with Gasteiger partial charge in [0.1, 0.15) is 22.8 Å². The summed E-state index contributed by atoms with van der Waals surface area (Å²) in [6.45, 7) is 6.04. The van der Waals surface area contributed by atoms with Crippen molar-refractivity contribution >= 4 is 33.7 Å². The number of halogens is 1. The van der Waals surface area contributed by atoms with Gasteiger partial charge in [0.2, 0.25) is 5.90 Å². The van der Waals surface area contributed by atoms with Crippen LogP contribution in [0.3, 0.4) is 0 Å². The van der Waals surface area contributed by atoms with E-state index in [9.17, 15) is 9.59 Å². The van der Waals surface area contributed by atoms with Crippen LogP contribution in [0.4, 0.5) is 0 Å². The maximum atomic E-state index is 14.3. The standard InChI is InChI=1S/C35H42BrN3O8/c1-34(2,3)47-30(41)15-16-35(33(42)39-37-22-23-19-28(43-4)21-29(20-23)44-5)31(24-7-11-26(36)12-8-24)46-32(38-35)25-9-13-27(14-10-25)45-18-6-17-40/h7-14,19-21,31,37,40H,6,15-18,22H2,1-5H3,(H,39,42)/t31-,35-/m0/s1. The van der Waals surface area contributed by atoms with E-state index in [0.717, 1.165) is 10.0 Å². The Morgan fingerprint density at radius 3 is 2.23 bits per heavy atom. The first kappa shape index (κ1) is 35.7. The molecule has 3 aromatic rings. The smallest absolute Gasteiger partial charge is 0.306 e. The van der Waals surface area contributed by atoms with E-state index in [2.05, 4.69) is 26.8 Å². The molecule has 0 aromatic heterocycles. The van der Waals surface area contributed by atoms with Crippen molar-refractivity contribution < 1.29 is 38.4 Å². The number of rotatable bonds is 15. The molecule has 3 aromatic carbocycles. The van der Waals surface area contributed by atoms with Crippen molar-refractivity contribution in [1.29, 1.82) is 0 Å². The molecule has 47 heavy (non-hydrogen) atoms. The average molecular weight is 713 g/mol. The SMILES string of the molecule is COc1cc(CNNC(=O)[C@@]2(CCC(=O)OC(C)(C)C)N=C(c3ccc(OCCCO)cc3)O[C@H]2c2ccc(Br)cc2)cc(OC)c1. The van der Waals surface area contributed by atoms with Crippen molar-refractivity contribution in [2.45, 2.75) is 63.8 Å². The van der Waals surface area contributed by atoms with E-state index in [4.69, 9.17) is 33.8 Å². The highest BCUT2D eigenvalue weighted by Gasteiger charge is 2.53. The van der Waals surface area contributed by atoms with Gasteiger partial charge in [0.05, 0.1) is 20.8 Å². The second-order valence-corrected chi connectivity index (χ2v) is 12.9. The van der Waals surface area contributed by atoms with Crippen LogP contribution in [0.25, 0.3) is 0 Å². The number of hydrazine groups is 1. The molecule has 1 aliphatic rings. The molecular formula is C35H42BrN3O8. The van der Waals surface area contributed by atoms with Gasteiger partial charge in [-0.2, -0.15) is 0 Å². The number of carbonyl (C=O) groups is 2. The van der Waals surface area contributed by atoms with Crippen LogP contribution in [-0.4, -0.2) is 61.5 Å². The number of aliphatic imine (C=N–C) groups is 1. The number of aliphatic hydroxyl groups is 1. The summed E-state index contributed by atoms with van der Waals surface area (Å²) in [5.41, 5.74) is 5.72. The molecule has 0 saturated heterocycles. The quantitative estimate of drug-likeness (QED) is 0.107. The third-order valence-electron chi connectivity index (χ3n) is 7.24. The highest BCUT2D eigenvalue weighted by molar-refractivity contribution is 9.10. The first-order chi connectivity index (χ1) is 22.5. The second-order valence-electron chi connectivity index (χ2n) is 12.0. The molecule has 0 bridgehead atoms. The van der Waals surface area contributed by atoms with Crippen LogP contribution in [0.2, 0.25) is 0 Å². The summed E-state index contributed by atoms with van der Waals surface area (Å²) in [5.74, 6) is 1.15. The molecule has 4 rings (SSSR count). The van der Waals surface area contributed by atoms with Crippen molar-refractivity contribution in [2.24, 2.45) is 4.99 Å². The van der Waals surface area contributed by atoms with Crippen LogP contribution in [0.1, 0.15) is 62.8 Å². The molecule has 3 N–H and O–H groups in total. The van der Waals surface area contributed by atoms with Crippen LogP contribution < -0.4 is 25.1 Å². The fraction of sp³-hybridized carbons (Fsp3) is 0.400. The number of aliphatic hydroxyl groups excluding tert-OH is 1. The van der Waals surface area contributed by atoms with E-state index in [1.54, 1.807) is 65.3 Å². The number of amides is 1. The lowest BCUT2D eigenvalue weighted by Crippen LogP contribution is -2.52. The third kappa shape index (κ3) is 9.69. The molecule has 11 nitrogen and oxygen atoms in total. The van der Waals surface area contributed by atoms with Gasteiger partial charge in [-0.1, -0.05) is 28.1 Å². The molecule has 1 aliphatic heterocycles. The van der Waals surface area contributed by atoms with E-state index < -0.39 is 29.1 Å². The molecule has 1 amide bonds. The third-order valence-corrected chi connectivity index (χ3v) is 7.77. The van der Waals surface area contributed by atoms with Crippen LogP contribution in [0.15, 0.2) is 76.2 Å². The van der Waals surface area contributed by atoms with E-state index in [1.807, 2.05) is 36.4 Å². The molecule has 1 heterocycles. The van der Waals surface area contributed by atoms with Crippen molar-refractivity contribution in [1.82, 2.24) is 10.9 Å². The number of benzene rings is 3. The Labute approximate surface area is 283 Å². The summed E-state index contributed by atoms with van der Waals surface area (Å²) in [7, 11) is 3.13. The Kier molecular flexibility index (Phi) is 12.3. The Hall–Kier alpha value is -4.13. The lowest BCUT2D eigenvalue weighted by Gasteiger charge is -2.31. The molecular weight excluding hydrogens is 670 g/mol. The summed E-state index contributed by atoms with van der Waals surface area (Å²) < 4.78 is 29.4. The minimum absolute atomic E-state index is 0.00892. The largest absolute Gasteiger partial charge is 0.497 e. The number of carbonyl (C=O) groups excluding carboxylic acids is 2. The maximum Gasteiger partial charge on any atom is 0.306 e. The predicted octanol–water partition coefficient (Wildman–Crippen LogP) is 5.43. The molecule has 0 spiro atoms. The lowest BCUT2D eigenvalue weighted by molar-refractivity contribution is -0.155. The number of esters is 1. The van der Waals surface area contributed by atoms with Crippen LogP contribution in [0, 0.1) is 0 Å². The molecule has 0 radical (unpaired) electrons. The normalized spacial score (nSPS) is 17.3. The van der Waals surface area contributed by atoms with Crippen LogP contribution >= 0.6 is 15.9 Å². The summed E-state index contributed by atoms with van der Waals surface area (Å²) in [6.07, 6.45) is -0.425. The zero-order chi connectivity index (χ0) is 34.0. The number of nitrogens with one attached hydrogen (secondary N) is 2. The molecule has 252 valence electrons. The fourth-order valence-electron chi connectivity index (χ4n) is 5.00. The van der Waals surface area contributed by atoms with Crippen molar-refractivity contribution in [3.05, 3.63) is 87.9 Å². The minimum atomic E-state index is -1.55. The van der Waals surface area contributed by atoms with E-state index in [-0.39, 0.29) is 31.9 Å². The second kappa shape index (κ2) is 16.1. The maximum absolute atomic E-state index is 14.3. The number of methoxy groups -OCH3 is 2. The van der Waals surface area contributed by atoms with E-state index >= 15 is 0 Å². The lowest BCUT2D eigenvalue weighted by atomic mass is 9.83. The van der Waals surface area contributed by atoms with Crippen LogP contribution in [-0.2, 0) is 25.6 Å². The van der Waals surface area contributed by atoms with Gasteiger partial charge in [-0.3, -0.25) is 15.0 Å². The first-order valence-corrected chi connectivity index (χ1v) is 16.1. The van der Waals surface area contributed by atoms with Crippen molar-refractivity contribution in [3.63, 3.8) is 0 Å². The van der Waals surface area contributed by atoms with Gasteiger partial charge in [0, 0.05) is 42.1 Å².